The monoisotopic (exact) mass is 219 g/mol. The van der Waals surface area contributed by atoms with E-state index in [0.717, 1.165) is 5.56 Å². The molecule has 1 saturated heterocycles. The summed E-state index contributed by atoms with van der Waals surface area (Å²) in [6.45, 7) is 6.26. The van der Waals surface area contributed by atoms with Crippen molar-refractivity contribution < 1.29 is 9.63 Å². The van der Waals surface area contributed by atoms with Gasteiger partial charge in [0.25, 0.3) is 5.91 Å². The number of amides is 1. The van der Waals surface area contributed by atoms with Crippen LogP contribution in [0.15, 0.2) is 30.3 Å². The van der Waals surface area contributed by atoms with Crippen molar-refractivity contribution in [3.8, 4) is 0 Å². The van der Waals surface area contributed by atoms with Crippen molar-refractivity contribution >= 4 is 5.91 Å². The van der Waals surface area contributed by atoms with Crippen LogP contribution in [-0.4, -0.2) is 17.6 Å². The summed E-state index contributed by atoms with van der Waals surface area (Å²) in [4.78, 5) is 17.5. The lowest BCUT2D eigenvalue weighted by atomic mass is 9.94. The summed E-state index contributed by atoms with van der Waals surface area (Å²) in [5, 5.41) is 1.50. The molecule has 1 aromatic rings. The van der Waals surface area contributed by atoms with Gasteiger partial charge in [-0.3, -0.25) is 9.63 Å². The van der Waals surface area contributed by atoms with E-state index in [1.807, 2.05) is 51.1 Å². The fraction of sp³-hybridized carbons (Fsp3) is 0.462. The van der Waals surface area contributed by atoms with Gasteiger partial charge >= 0.3 is 0 Å². The molecule has 1 aliphatic heterocycles. The first-order valence-electron chi connectivity index (χ1n) is 5.54. The number of hydroxylamine groups is 2. The van der Waals surface area contributed by atoms with Gasteiger partial charge in [0.05, 0.1) is 18.1 Å². The minimum absolute atomic E-state index is 0.0320. The molecule has 3 nitrogen and oxygen atoms in total. The van der Waals surface area contributed by atoms with E-state index in [2.05, 4.69) is 0 Å². The van der Waals surface area contributed by atoms with Crippen LogP contribution in [0.1, 0.15) is 32.4 Å². The molecule has 1 fully saturated rings. The van der Waals surface area contributed by atoms with Crippen molar-refractivity contribution in [2.75, 3.05) is 6.61 Å². The lowest BCUT2D eigenvalue weighted by Crippen LogP contribution is -2.32. The third kappa shape index (κ3) is 1.83. The number of benzene rings is 1. The first-order chi connectivity index (χ1) is 7.52. The SMILES string of the molecule is C[C@@H](c1ccccc1)N1OCC(C)(C)C1=O. The molecule has 0 N–H and O–H groups in total. The second kappa shape index (κ2) is 3.91. The predicted octanol–water partition coefficient (Wildman–Crippen LogP) is 2.55. The highest BCUT2D eigenvalue weighted by molar-refractivity contribution is 5.82. The zero-order chi connectivity index (χ0) is 11.8. The Morgan fingerprint density at radius 2 is 1.94 bits per heavy atom. The summed E-state index contributed by atoms with van der Waals surface area (Å²) >= 11 is 0. The van der Waals surface area contributed by atoms with Crippen LogP contribution in [0.4, 0.5) is 0 Å². The van der Waals surface area contributed by atoms with Gasteiger partial charge in [0, 0.05) is 0 Å². The molecule has 0 unspecified atom stereocenters. The molecule has 0 radical (unpaired) electrons. The number of carbonyl (C=O) groups is 1. The van der Waals surface area contributed by atoms with E-state index in [9.17, 15) is 4.79 Å². The van der Waals surface area contributed by atoms with Gasteiger partial charge in [-0.15, -0.1) is 0 Å². The molecule has 0 bridgehead atoms. The van der Waals surface area contributed by atoms with Crippen molar-refractivity contribution in [3.63, 3.8) is 0 Å². The van der Waals surface area contributed by atoms with Crippen molar-refractivity contribution in [2.24, 2.45) is 5.41 Å². The average Bonchev–Trinajstić information content (AvgIpc) is 2.55. The molecule has 0 saturated carbocycles. The molecule has 1 heterocycles. The topological polar surface area (TPSA) is 29.5 Å². The maximum absolute atomic E-state index is 12.0. The van der Waals surface area contributed by atoms with Crippen molar-refractivity contribution in [3.05, 3.63) is 35.9 Å². The van der Waals surface area contributed by atoms with Crippen molar-refractivity contribution in [1.82, 2.24) is 5.06 Å². The summed E-state index contributed by atoms with van der Waals surface area (Å²) < 4.78 is 0. The summed E-state index contributed by atoms with van der Waals surface area (Å²) in [5.74, 6) is 0.0591. The molecule has 2 rings (SSSR count). The third-order valence-electron chi connectivity index (χ3n) is 2.98. The van der Waals surface area contributed by atoms with E-state index < -0.39 is 5.41 Å². The maximum Gasteiger partial charge on any atom is 0.254 e. The van der Waals surface area contributed by atoms with Gasteiger partial charge in [0.1, 0.15) is 0 Å². The molecular weight excluding hydrogens is 202 g/mol. The van der Waals surface area contributed by atoms with Gasteiger partial charge in [-0.25, -0.2) is 5.06 Å². The smallest absolute Gasteiger partial charge is 0.254 e. The number of nitrogens with zero attached hydrogens (tertiary/aromatic N) is 1. The van der Waals surface area contributed by atoms with Gasteiger partial charge in [-0.1, -0.05) is 30.3 Å². The molecule has 0 aromatic heterocycles. The first kappa shape index (κ1) is 11.1. The van der Waals surface area contributed by atoms with E-state index in [1.54, 1.807) is 0 Å². The van der Waals surface area contributed by atoms with Gasteiger partial charge in [-0.2, -0.15) is 0 Å². The molecule has 86 valence electrons. The number of hydrogen-bond acceptors (Lipinski definition) is 2. The first-order valence-corrected chi connectivity index (χ1v) is 5.54. The third-order valence-corrected chi connectivity index (χ3v) is 2.98. The highest BCUT2D eigenvalue weighted by atomic mass is 16.7. The van der Waals surface area contributed by atoms with Gasteiger partial charge in [-0.05, 0) is 26.3 Å². The van der Waals surface area contributed by atoms with Crippen LogP contribution in [0.5, 0.6) is 0 Å². The van der Waals surface area contributed by atoms with Crippen LogP contribution in [-0.2, 0) is 9.63 Å². The van der Waals surface area contributed by atoms with E-state index in [0.29, 0.717) is 6.61 Å². The lowest BCUT2D eigenvalue weighted by Gasteiger charge is -2.23. The number of hydrogen-bond donors (Lipinski definition) is 0. The Hall–Kier alpha value is -1.35. The molecule has 0 spiro atoms. The number of rotatable bonds is 2. The molecule has 1 amide bonds. The maximum atomic E-state index is 12.0. The van der Waals surface area contributed by atoms with Gasteiger partial charge < -0.3 is 0 Å². The predicted molar refractivity (Wildman–Crippen MR) is 61.4 cm³/mol. The minimum Gasteiger partial charge on any atom is -0.272 e. The molecular formula is C13H17NO2. The quantitative estimate of drug-likeness (QED) is 0.765. The Labute approximate surface area is 96.0 Å². The fourth-order valence-electron chi connectivity index (χ4n) is 1.80. The van der Waals surface area contributed by atoms with Crippen LogP contribution in [0.2, 0.25) is 0 Å². The zero-order valence-electron chi connectivity index (χ0n) is 9.93. The number of carbonyl (C=O) groups excluding carboxylic acids is 1. The minimum atomic E-state index is -0.400. The Kier molecular flexibility index (Phi) is 2.72. The van der Waals surface area contributed by atoms with Crippen LogP contribution in [0.3, 0.4) is 0 Å². The Morgan fingerprint density at radius 3 is 2.44 bits per heavy atom. The lowest BCUT2D eigenvalue weighted by molar-refractivity contribution is -0.173. The van der Waals surface area contributed by atoms with Crippen LogP contribution >= 0.6 is 0 Å². The van der Waals surface area contributed by atoms with E-state index in [-0.39, 0.29) is 11.9 Å². The molecule has 1 atom stereocenters. The fourth-order valence-corrected chi connectivity index (χ4v) is 1.80. The summed E-state index contributed by atoms with van der Waals surface area (Å²) in [6.07, 6.45) is 0. The molecule has 16 heavy (non-hydrogen) atoms. The second-order valence-corrected chi connectivity index (χ2v) is 4.87. The molecule has 0 aliphatic carbocycles. The van der Waals surface area contributed by atoms with Crippen LogP contribution < -0.4 is 0 Å². The highest BCUT2D eigenvalue weighted by Gasteiger charge is 2.42. The van der Waals surface area contributed by atoms with Gasteiger partial charge in [0.15, 0.2) is 0 Å². The summed E-state index contributed by atoms with van der Waals surface area (Å²) in [6, 6.07) is 9.89. The second-order valence-electron chi connectivity index (χ2n) is 4.87. The van der Waals surface area contributed by atoms with Crippen molar-refractivity contribution in [1.29, 1.82) is 0 Å². The largest absolute Gasteiger partial charge is 0.272 e. The van der Waals surface area contributed by atoms with Crippen LogP contribution in [0.25, 0.3) is 0 Å². The Morgan fingerprint density at radius 1 is 1.31 bits per heavy atom. The molecule has 1 aromatic carbocycles. The van der Waals surface area contributed by atoms with Crippen molar-refractivity contribution in [2.45, 2.75) is 26.8 Å². The summed E-state index contributed by atoms with van der Waals surface area (Å²) in [7, 11) is 0. The van der Waals surface area contributed by atoms with E-state index >= 15 is 0 Å². The molecule has 3 heteroatoms. The summed E-state index contributed by atoms with van der Waals surface area (Å²) in [5.41, 5.74) is 0.691. The van der Waals surface area contributed by atoms with E-state index in [1.165, 1.54) is 5.06 Å². The highest BCUT2D eigenvalue weighted by Crippen LogP contribution is 2.33. The molecule has 1 aliphatic rings. The standard InChI is InChI=1S/C13H17NO2/c1-10(11-7-5-4-6-8-11)14-12(15)13(2,3)9-16-14/h4-8,10H,9H2,1-3H3/t10-/m0/s1. The normalized spacial score (nSPS) is 21.2. The van der Waals surface area contributed by atoms with Gasteiger partial charge in [0.2, 0.25) is 0 Å². The van der Waals surface area contributed by atoms with E-state index in [4.69, 9.17) is 4.84 Å². The Bertz CT molecular complexity index is 386. The zero-order valence-corrected chi connectivity index (χ0v) is 9.93. The Balaban J connectivity index is 2.19. The average molecular weight is 219 g/mol. The van der Waals surface area contributed by atoms with Crippen LogP contribution in [0, 0.1) is 5.41 Å².